The van der Waals surface area contributed by atoms with Crippen LogP contribution in [0.3, 0.4) is 0 Å². The minimum Gasteiger partial charge on any atom is -0.275 e. The fourth-order valence-corrected chi connectivity index (χ4v) is 2.57. The molecule has 2 aromatic rings. The zero-order chi connectivity index (χ0) is 17.2. The zero-order valence-electron chi connectivity index (χ0n) is 11.1. The van der Waals surface area contributed by atoms with Crippen molar-refractivity contribution in [3.8, 4) is 0 Å². The Kier molecular flexibility index (Phi) is 5.54. The molecule has 0 unspecified atom stereocenters. The van der Waals surface area contributed by atoms with Gasteiger partial charge in [0.2, 0.25) is 0 Å². The first kappa shape index (κ1) is 18.0. The van der Waals surface area contributed by atoms with Crippen molar-refractivity contribution >= 4 is 51.0 Å². The zero-order valence-corrected chi connectivity index (χ0v) is 14.2. The molecule has 1 N–H and O–H groups in total. The third kappa shape index (κ3) is 4.59. The molecule has 0 bridgehead atoms. The smallest absolute Gasteiger partial charge is 0.275 e. The van der Waals surface area contributed by atoms with Gasteiger partial charge >= 0.3 is 6.18 Å². The minimum absolute atomic E-state index is 0.00649. The van der Waals surface area contributed by atoms with Crippen LogP contribution in [-0.2, 0) is 6.18 Å². The van der Waals surface area contributed by atoms with Crippen LogP contribution in [0.15, 0.2) is 39.9 Å². The van der Waals surface area contributed by atoms with Gasteiger partial charge in [0.15, 0.2) is 0 Å². The van der Waals surface area contributed by atoms with Crippen LogP contribution in [-0.4, -0.2) is 6.21 Å². The summed E-state index contributed by atoms with van der Waals surface area (Å²) < 4.78 is 52.0. The van der Waals surface area contributed by atoms with Crippen LogP contribution in [0.5, 0.6) is 0 Å². The third-order valence-electron chi connectivity index (χ3n) is 2.71. The molecule has 23 heavy (non-hydrogen) atoms. The number of benzene rings is 2. The number of halogens is 7. The average Bonchev–Trinajstić information content (AvgIpc) is 2.44. The lowest BCUT2D eigenvalue weighted by atomic mass is 10.2. The second-order valence-corrected chi connectivity index (χ2v) is 6.08. The van der Waals surface area contributed by atoms with E-state index in [-0.39, 0.29) is 21.3 Å². The summed E-state index contributed by atoms with van der Waals surface area (Å²) in [6.07, 6.45) is -3.40. The Balaban J connectivity index is 2.24. The van der Waals surface area contributed by atoms with Gasteiger partial charge in [0, 0.05) is 10.0 Å². The predicted octanol–water partition coefficient (Wildman–Crippen LogP) is 6.36. The van der Waals surface area contributed by atoms with Gasteiger partial charge in [-0.3, -0.25) is 5.43 Å². The Morgan fingerprint density at radius 2 is 1.70 bits per heavy atom. The van der Waals surface area contributed by atoms with Crippen molar-refractivity contribution in [2.45, 2.75) is 6.18 Å². The number of hydrogen-bond donors (Lipinski definition) is 1. The summed E-state index contributed by atoms with van der Waals surface area (Å²) in [4.78, 5) is 0. The normalized spacial score (nSPS) is 12.0. The molecule has 0 radical (unpaired) electrons. The second-order valence-electron chi connectivity index (χ2n) is 4.35. The monoisotopic (exact) mass is 428 g/mol. The first-order valence-electron chi connectivity index (χ1n) is 5.99. The van der Waals surface area contributed by atoms with Gasteiger partial charge in [-0.1, -0.05) is 39.1 Å². The topological polar surface area (TPSA) is 24.4 Å². The molecule has 9 heteroatoms. The molecule has 0 aromatic heterocycles. The van der Waals surface area contributed by atoms with Crippen LogP contribution in [0.2, 0.25) is 10.0 Å². The van der Waals surface area contributed by atoms with Crippen molar-refractivity contribution in [1.82, 2.24) is 0 Å². The van der Waals surface area contributed by atoms with Gasteiger partial charge in [0.25, 0.3) is 0 Å². The molecule has 2 nitrogen and oxygen atoms in total. The maximum absolute atomic E-state index is 13.5. The highest BCUT2D eigenvalue weighted by molar-refractivity contribution is 9.10. The van der Waals surface area contributed by atoms with Gasteiger partial charge < -0.3 is 0 Å². The number of hydrogen-bond acceptors (Lipinski definition) is 2. The quantitative estimate of drug-likeness (QED) is 0.342. The fourth-order valence-electron chi connectivity index (χ4n) is 1.62. The van der Waals surface area contributed by atoms with E-state index in [4.69, 9.17) is 23.2 Å². The maximum Gasteiger partial charge on any atom is 0.416 e. The van der Waals surface area contributed by atoms with E-state index in [1.807, 2.05) is 0 Å². The van der Waals surface area contributed by atoms with E-state index in [9.17, 15) is 17.6 Å². The van der Waals surface area contributed by atoms with E-state index < -0.39 is 17.6 Å². The van der Waals surface area contributed by atoms with Gasteiger partial charge in [-0.2, -0.15) is 18.3 Å². The lowest BCUT2D eigenvalue weighted by Gasteiger charge is -2.11. The Morgan fingerprint density at radius 3 is 2.26 bits per heavy atom. The molecule has 0 aliphatic carbocycles. The number of alkyl halides is 3. The molecule has 122 valence electrons. The third-order valence-corrected chi connectivity index (χ3v) is 3.80. The molecule has 0 saturated carbocycles. The standard InChI is InChI=1S/C14H7BrCl2F4N2/c15-9-1-2-12(18)7(3-9)6-22-23-13-10(16)4-8(5-11(13)17)14(19,20)21/h1-6,23H. The number of anilines is 1. The van der Waals surface area contributed by atoms with E-state index >= 15 is 0 Å². The summed E-state index contributed by atoms with van der Waals surface area (Å²) >= 11 is 14.7. The molecule has 0 amide bonds. The molecule has 0 aliphatic heterocycles. The summed E-state index contributed by atoms with van der Waals surface area (Å²) in [5.41, 5.74) is 1.60. The van der Waals surface area contributed by atoms with Crippen LogP contribution >= 0.6 is 39.1 Å². The van der Waals surface area contributed by atoms with Gasteiger partial charge in [-0.15, -0.1) is 0 Å². The first-order chi connectivity index (χ1) is 10.7. The largest absolute Gasteiger partial charge is 0.416 e. The van der Waals surface area contributed by atoms with E-state index in [1.54, 1.807) is 0 Å². The second kappa shape index (κ2) is 7.07. The highest BCUT2D eigenvalue weighted by atomic mass is 79.9. The molecule has 2 rings (SSSR count). The molecule has 0 saturated heterocycles. The summed E-state index contributed by atoms with van der Waals surface area (Å²) in [5, 5.41) is 3.24. The molecule has 0 heterocycles. The molecule has 0 atom stereocenters. The number of nitrogens with zero attached hydrogens (tertiary/aromatic N) is 1. The van der Waals surface area contributed by atoms with Gasteiger partial charge in [-0.05, 0) is 30.3 Å². The van der Waals surface area contributed by atoms with Crippen molar-refractivity contribution in [1.29, 1.82) is 0 Å². The summed E-state index contributed by atoms with van der Waals surface area (Å²) in [6, 6.07) is 5.69. The molecule has 0 spiro atoms. The average molecular weight is 430 g/mol. The van der Waals surface area contributed by atoms with E-state index in [1.165, 1.54) is 18.2 Å². The molecular weight excluding hydrogens is 423 g/mol. The maximum atomic E-state index is 13.5. The van der Waals surface area contributed by atoms with Crippen LogP contribution in [0.4, 0.5) is 23.2 Å². The Labute approximate surface area is 147 Å². The highest BCUT2D eigenvalue weighted by Gasteiger charge is 2.32. The molecule has 0 aliphatic rings. The van der Waals surface area contributed by atoms with Crippen molar-refractivity contribution in [2.75, 3.05) is 5.43 Å². The van der Waals surface area contributed by atoms with Gasteiger partial charge in [0.05, 0.1) is 27.5 Å². The Hall–Kier alpha value is -1.31. The number of nitrogens with one attached hydrogen (secondary N) is 1. The minimum atomic E-state index is -4.56. The van der Waals surface area contributed by atoms with Crippen LogP contribution < -0.4 is 5.43 Å². The van der Waals surface area contributed by atoms with E-state index in [0.29, 0.717) is 4.47 Å². The highest BCUT2D eigenvalue weighted by Crippen LogP contribution is 2.38. The summed E-state index contributed by atoms with van der Waals surface area (Å²) in [7, 11) is 0. The Morgan fingerprint density at radius 1 is 1.09 bits per heavy atom. The van der Waals surface area contributed by atoms with E-state index in [0.717, 1.165) is 18.3 Å². The van der Waals surface area contributed by atoms with Crippen LogP contribution in [0.25, 0.3) is 0 Å². The van der Waals surface area contributed by atoms with Crippen molar-refractivity contribution in [3.05, 3.63) is 61.8 Å². The van der Waals surface area contributed by atoms with Crippen molar-refractivity contribution in [2.24, 2.45) is 5.10 Å². The van der Waals surface area contributed by atoms with Crippen LogP contribution in [0, 0.1) is 5.82 Å². The summed E-state index contributed by atoms with van der Waals surface area (Å²) in [5.74, 6) is -0.511. The van der Waals surface area contributed by atoms with Crippen LogP contribution in [0.1, 0.15) is 11.1 Å². The lowest BCUT2D eigenvalue weighted by Crippen LogP contribution is -2.05. The van der Waals surface area contributed by atoms with Gasteiger partial charge in [0.1, 0.15) is 5.82 Å². The fraction of sp³-hybridized carbons (Fsp3) is 0.0714. The summed E-state index contributed by atoms with van der Waals surface area (Å²) in [6.45, 7) is 0. The first-order valence-corrected chi connectivity index (χ1v) is 7.54. The SMILES string of the molecule is Fc1ccc(Br)cc1C=NNc1c(Cl)cc(C(F)(F)F)cc1Cl. The molecule has 2 aromatic carbocycles. The predicted molar refractivity (Wildman–Crippen MR) is 86.8 cm³/mol. The molecule has 0 fully saturated rings. The van der Waals surface area contributed by atoms with E-state index in [2.05, 4.69) is 26.5 Å². The Bertz CT molecular complexity index is 740. The van der Waals surface area contributed by atoms with Gasteiger partial charge in [-0.25, -0.2) is 4.39 Å². The van der Waals surface area contributed by atoms with Crippen molar-refractivity contribution in [3.63, 3.8) is 0 Å². The lowest BCUT2D eigenvalue weighted by molar-refractivity contribution is -0.137. The molecular formula is C14H7BrCl2F4N2. The number of rotatable bonds is 3. The number of hydrazone groups is 1. The van der Waals surface area contributed by atoms with Crippen molar-refractivity contribution < 1.29 is 17.6 Å².